The van der Waals surface area contributed by atoms with Gasteiger partial charge >= 0.3 is 0 Å². The summed E-state index contributed by atoms with van der Waals surface area (Å²) in [5.74, 6) is -0.882. The predicted molar refractivity (Wildman–Crippen MR) is 109 cm³/mol. The van der Waals surface area contributed by atoms with Crippen molar-refractivity contribution < 1.29 is 9.59 Å². The summed E-state index contributed by atoms with van der Waals surface area (Å²) >= 11 is 7.47. The van der Waals surface area contributed by atoms with Crippen molar-refractivity contribution in [2.24, 2.45) is 5.73 Å². The van der Waals surface area contributed by atoms with Crippen LogP contribution < -0.4 is 5.73 Å². The monoisotopic (exact) mass is 411 g/mol. The number of aryl methyl sites for hydroxylation is 1. The van der Waals surface area contributed by atoms with Gasteiger partial charge < -0.3 is 10.6 Å². The molecule has 0 aliphatic heterocycles. The first-order chi connectivity index (χ1) is 13.6. The average molecular weight is 412 g/mol. The number of benzene rings is 2. The van der Waals surface area contributed by atoms with Crippen LogP contribution in [0.3, 0.4) is 0 Å². The highest BCUT2D eigenvalue weighted by molar-refractivity contribution is 7.11. The van der Waals surface area contributed by atoms with Crippen molar-refractivity contribution in [2.75, 3.05) is 0 Å². The highest BCUT2D eigenvalue weighted by Gasteiger charge is 2.40. The molecule has 0 saturated heterocycles. The summed E-state index contributed by atoms with van der Waals surface area (Å²) in [6, 6.07) is 13.6. The fraction of sp³-hybridized carbons (Fsp3) is 0.190. The van der Waals surface area contributed by atoms with Crippen LogP contribution in [0.25, 0.3) is 0 Å². The van der Waals surface area contributed by atoms with Gasteiger partial charge in [0.25, 0.3) is 5.91 Å². The van der Waals surface area contributed by atoms with Gasteiger partial charge in [-0.15, -0.1) is 11.3 Å². The lowest BCUT2D eigenvalue weighted by molar-refractivity contribution is -0.123. The van der Waals surface area contributed by atoms with Gasteiger partial charge in [0.15, 0.2) is 5.01 Å². The average Bonchev–Trinajstić information content (AvgIpc) is 3.36. The fourth-order valence-corrected chi connectivity index (χ4v) is 4.57. The molecule has 142 valence electrons. The second kappa shape index (κ2) is 7.73. The van der Waals surface area contributed by atoms with Crippen LogP contribution >= 0.6 is 22.9 Å². The van der Waals surface area contributed by atoms with Crippen LogP contribution in [0.15, 0.2) is 60.1 Å². The number of nitrogens with zero attached hydrogens (tertiary/aromatic N) is 2. The molecular formula is C21H18ClN3O2S. The van der Waals surface area contributed by atoms with E-state index in [1.54, 1.807) is 16.5 Å². The Morgan fingerprint density at radius 2 is 2.00 bits per heavy atom. The first kappa shape index (κ1) is 18.7. The Morgan fingerprint density at radius 1 is 1.21 bits per heavy atom. The molecule has 0 fully saturated rings. The van der Waals surface area contributed by atoms with Gasteiger partial charge in [-0.3, -0.25) is 9.59 Å². The molecular weight excluding hydrogens is 394 g/mol. The third-order valence-corrected chi connectivity index (χ3v) is 6.00. The van der Waals surface area contributed by atoms with Gasteiger partial charge in [0.2, 0.25) is 5.91 Å². The molecule has 2 aromatic carbocycles. The molecule has 4 rings (SSSR count). The van der Waals surface area contributed by atoms with Gasteiger partial charge in [0, 0.05) is 16.6 Å². The molecule has 1 aliphatic carbocycles. The highest BCUT2D eigenvalue weighted by atomic mass is 35.5. The zero-order valence-corrected chi connectivity index (χ0v) is 16.5. The lowest BCUT2D eigenvalue weighted by Gasteiger charge is -2.35. The molecule has 7 heteroatoms. The van der Waals surface area contributed by atoms with Crippen LogP contribution in [0, 0.1) is 0 Å². The minimum absolute atomic E-state index is 0.303. The van der Waals surface area contributed by atoms with Crippen molar-refractivity contribution in [3.8, 4) is 0 Å². The van der Waals surface area contributed by atoms with Crippen molar-refractivity contribution in [3.05, 3.63) is 86.8 Å². The third-order valence-electron chi connectivity index (χ3n) is 5.00. The molecule has 1 unspecified atom stereocenters. The summed E-state index contributed by atoms with van der Waals surface area (Å²) in [6.45, 7) is 0. The second-order valence-corrected chi connectivity index (χ2v) is 7.99. The smallest absolute Gasteiger partial charge is 0.284 e. The largest absolute Gasteiger partial charge is 0.368 e. The Hall–Kier alpha value is -2.70. The number of primary amides is 1. The summed E-state index contributed by atoms with van der Waals surface area (Å²) in [6.07, 6.45) is 3.08. The SMILES string of the molecule is NC(=O)C(c1ccccc1)N(C(=O)c1nccs1)[C@@H]1CCc2ccc(Cl)cc21. The maximum absolute atomic E-state index is 13.4. The predicted octanol–water partition coefficient (Wildman–Crippen LogP) is 4.15. The van der Waals surface area contributed by atoms with Crippen molar-refractivity contribution >= 4 is 34.8 Å². The van der Waals surface area contributed by atoms with Gasteiger partial charge in [-0.25, -0.2) is 4.98 Å². The van der Waals surface area contributed by atoms with Gasteiger partial charge in [0.05, 0.1) is 6.04 Å². The Bertz CT molecular complexity index is 1010. The van der Waals surface area contributed by atoms with Crippen molar-refractivity contribution in [2.45, 2.75) is 24.9 Å². The quantitative estimate of drug-likeness (QED) is 0.685. The number of nitrogens with two attached hydrogens (primary N) is 1. The molecule has 2 atom stereocenters. The van der Waals surface area contributed by atoms with E-state index < -0.39 is 11.9 Å². The zero-order chi connectivity index (χ0) is 19.7. The Labute approximate surface area is 171 Å². The molecule has 2 N–H and O–H groups in total. The topological polar surface area (TPSA) is 76.3 Å². The molecule has 28 heavy (non-hydrogen) atoms. The van der Waals surface area contributed by atoms with Crippen molar-refractivity contribution in [1.29, 1.82) is 0 Å². The summed E-state index contributed by atoms with van der Waals surface area (Å²) < 4.78 is 0. The number of rotatable bonds is 5. The van der Waals surface area contributed by atoms with E-state index >= 15 is 0 Å². The number of thiazole rings is 1. The molecule has 1 aromatic heterocycles. The Kier molecular flexibility index (Phi) is 5.15. The molecule has 0 spiro atoms. The molecule has 1 aliphatic rings. The minimum Gasteiger partial charge on any atom is -0.368 e. The van der Waals surface area contributed by atoms with E-state index in [-0.39, 0.29) is 11.9 Å². The van der Waals surface area contributed by atoms with E-state index in [9.17, 15) is 9.59 Å². The molecule has 1 heterocycles. The number of hydrogen-bond acceptors (Lipinski definition) is 4. The van der Waals surface area contributed by atoms with E-state index in [2.05, 4.69) is 4.98 Å². The standard InChI is InChI=1S/C21H18ClN3O2S/c22-15-8-6-13-7-9-17(16(13)12-15)25(21(27)20-24-10-11-28-20)18(19(23)26)14-4-2-1-3-5-14/h1-6,8,10-12,17-18H,7,9H2,(H2,23,26)/t17-,18?/m1/s1. The van der Waals surface area contributed by atoms with Gasteiger partial charge in [-0.1, -0.05) is 48.0 Å². The number of aromatic nitrogens is 1. The summed E-state index contributed by atoms with van der Waals surface area (Å²) in [4.78, 5) is 31.7. The number of amides is 2. The van der Waals surface area contributed by atoms with Crippen LogP contribution in [0.4, 0.5) is 0 Å². The van der Waals surface area contributed by atoms with Gasteiger partial charge in [-0.05, 0) is 41.7 Å². The van der Waals surface area contributed by atoms with E-state index in [0.29, 0.717) is 22.0 Å². The lowest BCUT2D eigenvalue weighted by Crippen LogP contribution is -2.43. The Morgan fingerprint density at radius 3 is 2.68 bits per heavy atom. The lowest BCUT2D eigenvalue weighted by atomic mass is 9.99. The van der Waals surface area contributed by atoms with Gasteiger partial charge in [-0.2, -0.15) is 0 Å². The highest BCUT2D eigenvalue weighted by Crippen LogP contribution is 2.42. The molecule has 0 saturated carbocycles. The maximum Gasteiger partial charge on any atom is 0.284 e. The molecule has 0 bridgehead atoms. The van der Waals surface area contributed by atoms with Crippen molar-refractivity contribution in [3.63, 3.8) is 0 Å². The van der Waals surface area contributed by atoms with E-state index in [0.717, 1.165) is 17.5 Å². The molecule has 3 aromatic rings. The summed E-state index contributed by atoms with van der Waals surface area (Å²) in [5, 5.41) is 2.67. The minimum atomic E-state index is -0.896. The maximum atomic E-state index is 13.4. The van der Waals surface area contributed by atoms with E-state index in [1.165, 1.54) is 11.3 Å². The van der Waals surface area contributed by atoms with Crippen LogP contribution in [-0.2, 0) is 11.2 Å². The normalized spacial score (nSPS) is 16.4. The number of carbonyl (C=O) groups excluding carboxylic acids is 2. The first-order valence-electron chi connectivity index (χ1n) is 8.91. The van der Waals surface area contributed by atoms with Crippen LogP contribution in [0.1, 0.15) is 45.0 Å². The fourth-order valence-electron chi connectivity index (χ4n) is 3.82. The van der Waals surface area contributed by atoms with Crippen LogP contribution in [-0.4, -0.2) is 21.7 Å². The number of hydrogen-bond donors (Lipinski definition) is 1. The first-order valence-corrected chi connectivity index (χ1v) is 10.2. The molecule has 0 radical (unpaired) electrons. The number of carbonyl (C=O) groups is 2. The van der Waals surface area contributed by atoms with E-state index in [4.69, 9.17) is 17.3 Å². The van der Waals surface area contributed by atoms with Crippen molar-refractivity contribution in [1.82, 2.24) is 9.88 Å². The van der Waals surface area contributed by atoms with Crippen LogP contribution in [0.2, 0.25) is 5.02 Å². The van der Waals surface area contributed by atoms with Gasteiger partial charge in [0.1, 0.15) is 6.04 Å². The molecule has 2 amide bonds. The third kappa shape index (κ3) is 3.41. The van der Waals surface area contributed by atoms with E-state index in [1.807, 2.05) is 48.5 Å². The Balaban J connectivity index is 1.85. The summed E-state index contributed by atoms with van der Waals surface area (Å²) in [7, 11) is 0. The molecule has 5 nitrogen and oxygen atoms in total. The second-order valence-electron chi connectivity index (χ2n) is 6.66. The number of halogens is 1. The van der Waals surface area contributed by atoms with Crippen LogP contribution in [0.5, 0.6) is 0 Å². The zero-order valence-electron chi connectivity index (χ0n) is 14.9. The number of fused-ring (bicyclic) bond motifs is 1. The summed E-state index contributed by atoms with van der Waals surface area (Å²) in [5.41, 5.74) is 8.56.